The number of halogens is 3. The minimum Gasteiger partial charge on any atom is -0.342 e. The van der Waals surface area contributed by atoms with Crippen LogP contribution in [0.15, 0.2) is 18.3 Å². The molecular formula is C17H22F3N3O. The van der Waals surface area contributed by atoms with E-state index >= 15 is 0 Å². The van der Waals surface area contributed by atoms with Crippen LogP contribution in [0, 0.1) is 5.41 Å². The fourth-order valence-corrected chi connectivity index (χ4v) is 3.89. The molecule has 0 N–H and O–H groups in total. The number of amides is 1. The molecule has 24 heavy (non-hydrogen) atoms. The number of alkyl halides is 3. The zero-order chi connectivity index (χ0) is 17.5. The standard InChI is InChI=1S/C17H22F3N3O/c1-16(10-22(2)11-16)15(24)23-7-5-12(6-8-23)13-3-4-14(21-9-13)17(18,19)20/h3-4,9,12H,5-8,10-11H2,1-2H3. The Morgan fingerprint density at radius 1 is 1.25 bits per heavy atom. The van der Waals surface area contributed by atoms with E-state index in [1.165, 1.54) is 12.3 Å². The molecule has 1 amide bonds. The van der Waals surface area contributed by atoms with E-state index in [4.69, 9.17) is 0 Å². The molecule has 7 heteroatoms. The molecule has 0 aromatic carbocycles. The summed E-state index contributed by atoms with van der Waals surface area (Å²) in [4.78, 5) is 20.2. The van der Waals surface area contributed by atoms with E-state index in [9.17, 15) is 18.0 Å². The molecule has 2 fully saturated rings. The Balaban J connectivity index is 1.58. The van der Waals surface area contributed by atoms with E-state index < -0.39 is 11.9 Å². The van der Waals surface area contributed by atoms with Crippen molar-refractivity contribution in [1.29, 1.82) is 0 Å². The van der Waals surface area contributed by atoms with Gasteiger partial charge in [-0.05, 0) is 44.4 Å². The van der Waals surface area contributed by atoms with E-state index in [0.717, 1.165) is 37.6 Å². The third-order valence-corrected chi connectivity index (χ3v) is 5.08. The zero-order valence-corrected chi connectivity index (χ0v) is 13.9. The summed E-state index contributed by atoms with van der Waals surface area (Å²) in [6.07, 6.45) is -1.54. The van der Waals surface area contributed by atoms with Gasteiger partial charge in [0.1, 0.15) is 5.69 Å². The lowest BCUT2D eigenvalue weighted by Crippen LogP contribution is -2.61. The van der Waals surface area contributed by atoms with Gasteiger partial charge in [0.2, 0.25) is 5.91 Å². The molecule has 2 aliphatic rings. The highest BCUT2D eigenvalue weighted by molar-refractivity contribution is 5.84. The predicted octanol–water partition coefficient (Wildman–Crippen LogP) is 2.76. The average molecular weight is 341 g/mol. The van der Waals surface area contributed by atoms with Gasteiger partial charge in [-0.3, -0.25) is 9.78 Å². The van der Waals surface area contributed by atoms with Crippen LogP contribution < -0.4 is 0 Å². The third-order valence-electron chi connectivity index (χ3n) is 5.08. The number of carbonyl (C=O) groups excluding carboxylic acids is 1. The monoisotopic (exact) mass is 341 g/mol. The van der Waals surface area contributed by atoms with E-state index in [2.05, 4.69) is 9.88 Å². The first-order valence-electron chi connectivity index (χ1n) is 8.20. The van der Waals surface area contributed by atoms with Crippen LogP contribution in [0.2, 0.25) is 0 Å². The number of likely N-dealkylation sites (tertiary alicyclic amines) is 2. The van der Waals surface area contributed by atoms with Crippen molar-refractivity contribution in [3.8, 4) is 0 Å². The summed E-state index contributed by atoms with van der Waals surface area (Å²) >= 11 is 0. The number of pyridine rings is 1. The van der Waals surface area contributed by atoms with Gasteiger partial charge >= 0.3 is 6.18 Å². The maximum atomic E-state index is 12.6. The molecule has 132 valence electrons. The first-order valence-corrected chi connectivity index (χ1v) is 8.20. The van der Waals surface area contributed by atoms with Gasteiger partial charge in [0, 0.05) is 32.4 Å². The van der Waals surface area contributed by atoms with Crippen LogP contribution in [0.3, 0.4) is 0 Å². The van der Waals surface area contributed by atoms with Gasteiger partial charge < -0.3 is 9.80 Å². The molecule has 0 aliphatic carbocycles. The molecule has 3 rings (SSSR count). The topological polar surface area (TPSA) is 36.4 Å². The van der Waals surface area contributed by atoms with Crippen LogP contribution in [-0.4, -0.2) is 53.9 Å². The van der Waals surface area contributed by atoms with Gasteiger partial charge in [0.05, 0.1) is 5.41 Å². The zero-order valence-electron chi connectivity index (χ0n) is 13.9. The summed E-state index contributed by atoms with van der Waals surface area (Å²) < 4.78 is 37.7. The lowest BCUT2D eigenvalue weighted by molar-refractivity contribution is -0.151. The Morgan fingerprint density at radius 2 is 1.88 bits per heavy atom. The normalized spacial score (nSPS) is 22.3. The van der Waals surface area contributed by atoms with E-state index in [1.54, 1.807) is 0 Å². The van der Waals surface area contributed by atoms with Gasteiger partial charge in [0.25, 0.3) is 0 Å². The van der Waals surface area contributed by atoms with Crippen LogP contribution in [0.5, 0.6) is 0 Å². The van der Waals surface area contributed by atoms with E-state index in [0.29, 0.717) is 13.1 Å². The molecule has 0 atom stereocenters. The summed E-state index contributed by atoms with van der Waals surface area (Å²) in [5, 5.41) is 0. The Bertz CT molecular complexity index is 601. The summed E-state index contributed by atoms with van der Waals surface area (Å²) in [6, 6.07) is 2.55. The van der Waals surface area contributed by atoms with E-state index in [1.807, 2.05) is 18.9 Å². The van der Waals surface area contributed by atoms with Crippen LogP contribution in [0.25, 0.3) is 0 Å². The number of piperidine rings is 1. The number of nitrogens with zero attached hydrogens (tertiary/aromatic N) is 3. The average Bonchev–Trinajstić information content (AvgIpc) is 2.52. The molecule has 4 nitrogen and oxygen atoms in total. The van der Waals surface area contributed by atoms with Gasteiger partial charge in [-0.15, -0.1) is 0 Å². The Kier molecular flexibility index (Phi) is 4.32. The van der Waals surface area contributed by atoms with Crippen molar-refractivity contribution in [3.05, 3.63) is 29.6 Å². The lowest BCUT2D eigenvalue weighted by Gasteiger charge is -2.48. The number of rotatable bonds is 2. The molecule has 1 aromatic rings. The number of hydrogen-bond acceptors (Lipinski definition) is 3. The first-order chi connectivity index (χ1) is 11.2. The van der Waals surface area contributed by atoms with Crippen molar-refractivity contribution in [1.82, 2.24) is 14.8 Å². The highest BCUT2D eigenvalue weighted by atomic mass is 19.4. The largest absolute Gasteiger partial charge is 0.433 e. The van der Waals surface area contributed by atoms with Crippen molar-refractivity contribution in [2.75, 3.05) is 33.2 Å². The van der Waals surface area contributed by atoms with Crippen LogP contribution in [0.4, 0.5) is 13.2 Å². The molecule has 3 heterocycles. The SMILES string of the molecule is CN1CC(C)(C(=O)N2CCC(c3ccc(C(F)(F)F)nc3)CC2)C1. The molecule has 1 aromatic heterocycles. The summed E-state index contributed by atoms with van der Waals surface area (Å²) in [5.74, 6) is 0.366. The molecule has 0 radical (unpaired) electrons. The minimum absolute atomic E-state index is 0.167. The highest BCUT2D eigenvalue weighted by Crippen LogP contribution is 2.35. The molecule has 0 bridgehead atoms. The van der Waals surface area contributed by atoms with Gasteiger partial charge in [0.15, 0.2) is 0 Å². The smallest absolute Gasteiger partial charge is 0.342 e. The summed E-state index contributed by atoms with van der Waals surface area (Å²) in [6.45, 7) is 4.89. The second kappa shape index (κ2) is 6.02. The second-order valence-electron chi connectivity index (χ2n) is 7.27. The molecular weight excluding hydrogens is 319 g/mol. The van der Waals surface area contributed by atoms with Crippen molar-refractivity contribution in [2.45, 2.75) is 31.9 Å². The fraction of sp³-hybridized carbons (Fsp3) is 0.647. The second-order valence-corrected chi connectivity index (χ2v) is 7.27. The van der Waals surface area contributed by atoms with Crippen molar-refractivity contribution in [3.63, 3.8) is 0 Å². The minimum atomic E-state index is -4.40. The molecule has 2 aliphatic heterocycles. The third kappa shape index (κ3) is 3.27. The number of carbonyl (C=O) groups is 1. The Morgan fingerprint density at radius 3 is 2.33 bits per heavy atom. The van der Waals surface area contributed by atoms with Crippen LogP contribution in [-0.2, 0) is 11.0 Å². The molecule has 0 unspecified atom stereocenters. The van der Waals surface area contributed by atoms with Gasteiger partial charge in [-0.1, -0.05) is 6.07 Å². The van der Waals surface area contributed by atoms with Crippen molar-refractivity contribution >= 4 is 5.91 Å². The van der Waals surface area contributed by atoms with Gasteiger partial charge in [-0.25, -0.2) is 0 Å². The van der Waals surface area contributed by atoms with Crippen molar-refractivity contribution < 1.29 is 18.0 Å². The maximum absolute atomic E-state index is 12.6. The molecule has 2 saturated heterocycles. The predicted molar refractivity (Wildman–Crippen MR) is 83.4 cm³/mol. The summed E-state index contributed by atoms with van der Waals surface area (Å²) in [7, 11) is 2.00. The Hall–Kier alpha value is -1.63. The first kappa shape index (κ1) is 17.2. The quantitative estimate of drug-likeness (QED) is 0.830. The maximum Gasteiger partial charge on any atom is 0.433 e. The fourth-order valence-electron chi connectivity index (χ4n) is 3.89. The van der Waals surface area contributed by atoms with Gasteiger partial charge in [-0.2, -0.15) is 13.2 Å². The van der Waals surface area contributed by atoms with Crippen molar-refractivity contribution in [2.24, 2.45) is 5.41 Å². The number of hydrogen-bond donors (Lipinski definition) is 0. The summed E-state index contributed by atoms with van der Waals surface area (Å²) in [5.41, 5.74) is -0.317. The van der Waals surface area contributed by atoms with Crippen LogP contribution >= 0.6 is 0 Å². The lowest BCUT2D eigenvalue weighted by atomic mass is 9.80. The Labute approximate surface area is 139 Å². The molecule has 0 spiro atoms. The molecule has 0 saturated carbocycles. The highest BCUT2D eigenvalue weighted by Gasteiger charge is 2.45. The van der Waals surface area contributed by atoms with E-state index in [-0.39, 0.29) is 17.2 Å². The van der Waals surface area contributed by atoms with Crippen LogP contribution in [0.1, 0.15) is 36.9 Å². The number of aromatic nitrogens is 1.